The standard InChI is InChI=1S/C21H14FN3O5/c22-17-4-2-1-3-14(17)12-24-20(26)18(23-21(24)27)11-16-9-10-19(30-16)13-5-7-15(8-6-13)25(28)29/h1-11H,12H2,(H,23,27)/b18-11-. The number of non-ortho nitro benzene ring substituents is 1. The molecule has 1 N–H and O–H groups in total. The molecule has 0 spiro atoms. The minimum Gasteiger partial charge on any atom is -0.457 e. The number of nitro benzene ring substituents is 1. The molecule has 0 unspecified atom stereocenters. The number of benzene rings is 2. The Bertz CT molecular complexity index is 1180. The van der Waals surface area contributed by atoms with Crippen LogP contribution in [-0.2, 0) is 11.3 Å². The third-order valence-corrected chi connectivity index (χ3v) is 4.52. The van der Waals surface area contributed by atoms with Gasteiger partial charge in [-0.3, -0.25) is 19.8 Å². The lowest BCUT2D eigenvalue weighted by atomic mass is 10.1. The molecule has 0 bridgehead atoms. The Labute approximate surface area is 169 Å². The third kappa shape index (κ3) is 3.68. The molecular weight excluding hydrogens is 393 g/mol. The van der Waals surface area contributed by atoms with Crippen molar-refractivity contribution < 1.29 is 23.3 Å². The highest BCUT2D eigenvalue weighted by molar-refractivity contribution is 6.13. The highest BCUT2D eigenvalue weighted by Crippen LogP contribution is 2.26. The van der Waals surface area contributed by atoms with Gasteiger partial charge in [0.15, 0.2) is 0 Å². The summed E-state index contributed by atoms with van der Waals surface area (Å²) in [5.74, 6) is -0.359. The molecule has 1 aromatic heterocycles. The fraction of sp³-hybridized carbons (Fsp3) is 0.0476. The molecule has 1 aliphatic heterocycles. The van der Waals surface area contributed by atoms with Crippen LogP contribution in [0.1, 0.15) is 11.3 Å². The number of hydrogen-bond acceptors (Lipinski definition) is 5. The van der Waals surface area contributed by atoms with Crippen molar-refractivity contribution in [3.8, 4) is 11.3 Å². The second-order valence-corrected chi connectivity index (χ2v) is 6.48. The summed E-state index contributed by atoms with van der Waals surface area (Å²) in [7, 11) is 0. The number of furan rings is 1. The predicted octanol–water partition coefficient (Wildman–Crippen LogP) is 4.09. The highest BCUT2D eigenvalue weighted by Gasteiger charge is 2.34. The molecule has 0 saturated carbocycles. The predicted molar refractivity (Wildman–Crippen MR) is 104 cm³/mol. The molecule has 3 amide bonds. The molecule has 4 rings (SSSR count). The maximum Gasteiger partial charge on any atom is 0.329 e. The maximum atomic E-state index is 13.8. The van der Waals surface area contributed by atoms with Gasteiger partial charge in [0, 0.05) is 29.3 Å². The summed E-state index contributed by atoms with van der Waals surface area (Å²) in [5.41, 5.74) is 0.803. The monoisotopic (exact) mass is 407 g/mol. The Morgan fingerprint density at radius 3 is 2.50 bits per heavy atom. The van der Waals surface area contributed by atoms with Gasteiger partial charge in [-0.1, -0.05) is 18.2 Å². The summed E-state index contributed by atoms with van der Waals surface area (Å²) >= 11 is 0. The Kier molecular flexibility index (Phi) is 4.85. The second-order valence-electron chi connectivity index (χ2n) is 6.48. The van der Waals surface area contributed by atoms with Crippen LogP contribution in [0.15, 0.2) is 70.8 Å². The molecule has 0 atom stereocenters. The van der Waals surface area contributed by atoms with Gasteiger partial charge in [-0.2, -0.15) is 0 Å². The van der Waals surface area contributed by atoms with Gasteiger partial charge in [0.2, 0.25) is 0 Å². The molecule has 1 fully saturated rings. The zero-order chi connectivity index (χ0) is 21.3. The molecule has 150 valence electrons. The molecule has 2 heterocycles. The number of carbonyl (C=O) groups is 2. The molecule has 1 aliphatic rings. The van der Waals surface area contributed by atoms with E-state index in [2.05, 4.69) is 5.32 Å². The average Bonchev–Trinajstić information content (AvgIpc) is 3.30. The molecular formula is C21H14FN3O5. The van der Waals surface area contributed by atoms with E-state index in [0.717, 1.165) is 4.90 Å². The molecule has 8 nitrogen and oxygen atoms in total. The van der Waals surface area contributed by atoms with Gasteiger partial charge < -0.3 is 9.73 Å². The van der Waals surface area contributed by atoms with Gasteiger partial charge >= 0.3 is 6.03 Å². The van der Waals surface area contributed by atoms with E-state index in [1.165, 1.54) is 36.4 Å². The molecule has 0 aliphatic carbocycles. The van der Waals surface area contributed by atoms with Crippen molar-refractivity contribution in [3.05, 3.63) is 93.6 Å². The van der Waals surface area contributed by atoms with E-state index in [9.17, 15) is 24.1 Å². The van der Waals surface area contributed by atoms with Crippen molar-refractivity contribution >= 4 is 23.7 Å². The summed E-state index contributed by atoms with van der Waals surface area (Å²) in [6.07, 6.45) is 1.37. The van der Waals surface area contributed by atoms with E-state index >= 15 is 0 Å². The zero-order valence-electron chi connectivity index (χ0n) is 15.4. The topological polar surface area (TPSA) is 106 Å². The second kappa shape index (κ2) is 7.63. The summed E-state index contributed by atoms with van der Waals surface area (Å²) in [6.45, 7) is -0.194. The minimum atomic E-state index is -0.656. The summed E-state index contributed by atoms with van der Waals surface area (Å²) in [6, 6.07) is 14.3. The largest absolute Gasteiger partial charge is 0.457 e. The van der Waals surface area contributed by atoms with Crippen molar-refractivity contribution in [2.24, 2.45) is 0 Å². The number of imide groups is 1. The van der Waals surface area contributed by atoms with E-state index in [1.54, 1.807) is 30.3 Å². The SMILES string of the molecule is O=C1N/C(=C\c2ccc(-c3ccc([N+](=O)[O-])cc3)o2)C(=O)N1Cc1ccccc1F. The van der Waals surface area contributed by atoms with Gasteiger partial charge in [-0.15, -0.1) is 0 Å². The first-order valence-corrected chi connectivity index (χ1v) is 8.85. The molecule has 30 heavy (non-hydrogen) atoms. The molecule has 1 saturated heterocycles. The van der Waals surface area contributed by atoms with E-state index in [0.29, 0.717) is 17.1 Å². The van der Waals surface area contributed by atoms with E-state index in [-0.39, 0.29) is 23.5 Å². The first kappa shape index (κ1) is 19.1. The van der Waals surface area contributed by atoms with E-state index in [1.807, 2.05) is 0 Å². The van der Waals surface area contributed by atoms with Crippen LogP contribution in [-0.4, -0.2) is 21.8 Å². The number of nitrogens with zero attached hydrogens (tertiary/aromatic N) is 2. The number of nitrogens with one attached hydrogen (secondary N) is 1. The number of amides is 3. The number of nitro groups is 1. The summed E-state index contributed by atoms with van der Waals surface area (Å²) in [4.78, 5) is 35.9. The fourth-order valence-electron chi connectivity index (χ4n) is 2.99. The summed E-state index contributed by atoms with van der Waals surface area (Å²) in [5, 5.41) is 13.2. The van der Waals surface area contributed by atoms with Crippen molar-refractivity contribution in [3.63, 3.8) is 0 Å². The number of rotatable bonds is 5. The lowest BCUT2D eigenvalue weighted by Gasteiger charge is -2.12. The van der Waals surface area contributed by atoms with E-state index in [4.69, 9.17) is 4.42 Å². The summed E-state index contributed by atoms with van der Waals surface area (Å²) < 4.78 is 19.5. The van der Waals surface area contributed by atoms with Crippen LogP contribution in [0.3, 0.4) is 0 Å². The van der Waals surface area contributed by atoms with E-state index < -0.39 is 22.7 Å². The van der Waals surface area contributed by atoms with Crippen molar-refractivity contribution in [2.75, 3.05) is 0 Å². The number of halogens is 1. The average molecular weight is 407 g/mol. The van der Waals surface area contributed by atoms with Crippen LogP contribution in [0.2, 0.25) is 0 Å². The smallest absolute Gasteiger partial charge is 0.329 e. The number of carbonyl (C=O) groups excluding carboxylic acids is 2. The zero-order valence-corrected chi connectivity index (χ0v) is 15.4. The first-order chi connectivity index (χ1) is 14.4. The van der Waals surface area contributed by atoms with Gasteiger partial charge in [0.1, 0.15) is 23.0 Å². The number of hydrogen-bond donors (Lipinski definition) is 1. The lowest BCUT2D eigenvalue weighted by Crippen LogP contribution is -2.30. The lowest BCUT2D eigenvalue weighted by molar-refractivity contribution is -0.384. The third-order valence-electron chi connectivity index (χ3n) is 4.52. The van der Waals surface area contributed by atoms with Crippen LogP contribution in [0.4, 0.5) is 14.9 Å². The van der Waals surface area contributed by atoms with Crippen LogP contribution in [0.25, 0.3) is 17.4 Å². The van der Waals surface area contributed by atoms with Crippen molar-refractivity contribution in [2.45, 2.75) is 6.54 Å². The Balaban J connectivity index is 1.53. The van der Waals surface area contributed by atoms with Crippen molar-refractivity contribution in [1.29, 1.82) is 0 Å². The normalized spacial score (nSPS) is 15.0. The Morgan fingerprint density at radius 2 is 1.80 bits per heavy atom. The molecule has 2 aromatic carbocycles. The maximum absolute atomic E-state index is 13.8. The number of urea groups is 1. The van der Waals surface area contributed by atoms with Gasteiger partial charge in [0.05, 0.1) is 11.5 Å². The van der Waals surface area contributed by atoms with Gasteiger partial charge in [-0.05, 0) is 30.3 Å². The first-order valence-electron chi connectivity index (χ1n) is 8.85. The van der Waals surface area contributed by atoms with Gasteiger partial charge in [-0.25, -0.2) is 9.18 Å². The van der Waals surface area contributed by atoms with Crippen LogP contribution in [0.5, 0.6) is 0 Å². The Morgan fingerprint density at radius 1 is 1.07 bits per heavy atom. The van der Waals surface area contributed by atoms with Crippen molar-refractivity contribution in [1.82, 2.24) is 10.2 Å². The van der Waals surface area contributed by atoms with Crippen LogP contribution < -0.4 is 5.32 Å². The van der Waals surface area contributed by atoms with Crippen LogP contribution in [0, 0.1) is 15.9 Å². The quantitative estimate of drug-likeness (QED) is 0.297. The molecule has 3 aromatic rings. The minimum absolute atomic E-state index is 0.000869. The van der Waals surface area contributed by atoms with Crippen LogP contribution >= 0.6 is 0 Å². The highest BCUT2D eigenvalue weighted by atomic mass is 19.1. The molecule has 9 heteroatoms. The Hall–Kier alpha value is -4.27. The fourth-order valence-corrected chi connectivity index (χ4v) is 2.99. The molecule has 0 radical (unpaired) electrons. The van der Waals surface area contributed by atoms with Gasteiger partial charge in [0.25, 0.3) is 11.6 Å².